The van der Waals surface area contributed by atoms with Crippen LogP contribution in [0, 0.1) is 0 Å². The molecule has 0 atom stereocenters. The van der Waals surface area contributed by atoms with E-state index in [0.29, 0.717) is 17.6 Å². The van der Waals surface area contributed by atoms with Gasteiger partial charge in [-0.3, -0.25) is 4.57 Å². The van der Waals surface area contributed by atoms with Crippen molar-refractivity contribution in [3.8, 4) is 39.3 Å². The molecule has 0 saturated heterocycles. The molecule has 0 aliphatic carbocycles. The SMILES string of the molecule is c1ccc(-c2nc3ccc(-c4nc(-c5cccc6c5oc5ccccc56)nc(-n5c6ccccc6c6ccccc65)n4)cc3s2)cc1. The summed E-state index contributed by atoms with van der Waals surface area (Å²) in [6, 6.07) is 47.5. The molecule has 0 spiro atoms. The Morgan fingerprint density at radius 3 is 2.00 bits per heavy atom. The molecule has 7 heteroatoms. The predicted molar refractivity (Wildman–Crippen MR) is 191 cm³/mol. The average molecular weight is 622 g/mol. The number of furan rings is 1. The van der Waals surface area contributed by atoms with Crippen LogP contribution in [0.25, 0.3) is 93.3 Å². The van der Waals surface area contributed by atoms with E-state index in [1.807, 2.05) is 54.6 Å². The second kappa shape index (κ2) is 10.2. The summed E-state index contributed by atoms with van der Waals surface area (Å²) in [6.45, 7) is 0. The summed E-state index contributed by atoms with van der Waals surface area (Å²) in [5, 5.41) is 5.36. The molecule has 0 fully saturated rings. The third-order valence-electron chi connectivity index (χ3n) is 8.72. The standard InChI is InChI=1S/C40H23N5OS/c1-2-11-24(12-3-1)39-41-31-22-21-25(23-35(31)47-39)37-42-38(30-17-10-16-29-28-15-6-9-20-34(28)46-36(29)30)44-40(43-37)45-32-18-7-4-13-26(32)27-14-5-8-19-33(27)45/h1-23H. The Balaban J connectivity index is 1.24. The van der Waals surface area contributed by atoms with Gasteiger partial charge in [-0.2, -0.15) is 9.97 Å². The van der Waals surface area contributed by atoms with E-state index in [-0.39, 0.29) is 0 Å². The van der Waals surface area contributed by atoms with Crippen molar-refractivity contribution < 1.29 is 4.42 Å². The van der Waals surface area contributed by atoms with Crippen molar-refractivity contribution in [2.75, 3.05) is 0 Å². The Bertz CT molecular complexity index is 2760. The van der Waals surface area contributed by atoms with Gasteiger partial charge in [-0.15, -0.1) is 11.3 Å². The van der Waals surface area contributed by atoms with Crippen LogP contribution >= 0.6 is 11.3 Å². The molecule has 47 heavy (non-hydrogen) atoms. The fourth-order valence-electron chi connectivity index (χ4n) is 6.54. The Kier molecular flexibility index (Phi) is 5.64. The van der Waals surface area contributed by atoms with Crippen molar-refractivity contribution in [3.05, 3.63) is 140 Å². The van der Waals surface area contributed by atoms with Gasteiger partial charge < -0.3 is 4.42 Å². The maximum absolute atomic E-state index is 6.44. The number of rotatable bonds is 4. The molecule has 10 aromatic rings. The summed E-state index contributed by atoms with van der Waals surface area (Å²) in [4.78, 5) is 20.4. The highest BCUT2D eigenvalue weighted by molar-refractivity contribution is 7.21. The molecule has 0 N–H and O–H groups in total. The summed E-state index contributed by atoms with van der Waals surface area (Å²) in [5.74, 6) is 1.67. The quantitative estimate of drug-likeness (QED) is 0.196. The topological polar surface area (TPSA) is 69.6 Å². The first-order valence-corrected chi connectivity index (χ1v) is 16.2. The highest BCUT2D eigenvalue weighted by Gasteiger charge is 2.20. The van der Waals surface area contributed by atoms with Crippen molar-refractivity contribution in [2.24, 2.45) is 0 Å². The number of nitrogens with zero attached hydrogens (tertiary/aromatic N) is 5. The van der Waals surface area contributed by atoms with Gasteiger partial charge >= 0.3 is 0 Å². The van der Waals surface area contributed by atoms with E-state index in [0.717, 1.165) is 75.7 Å². The smallest absolute Gasteiger partial charge is 0.238 e. The van der Waals surface area contributed by atoms with Crippen LogP contribution in [0.15, 0.2) is 144 Å². The molecule has 0 aliphatic heterocycles. The van der Waals surface area contributed by atoms with E-state index in [9.17, 15) is 0 Å². The number of hydrogen-bond acceptors (Lipinski definition) is 6. The van der Waals surface area contributed by atoms with Crippen LogP contribution in [-0.4, -0.2) is 24.5 Å². The maximum atomic E-state index is 6.44. The fourth-order valence-corrected chi connectivity index (χ4v) is 7.55. The van der Waals surface area contributed by atoms with Gasteiger partial charge in [0.25, 0.3) is 0 Å². The molecule has 4 aromatic heterocycles. The van der Waals surface area contributed by atoms with Gasteiger partial charge in [0.1, 0.15) is 16.2 Å². The second-order valence-corrected chi connectivity index (χ2v) is 12.5. The number of fused-ring (bicyclic) bond motifs is 7. The number of para-hydroxylation sites is 4. The summed E-state index contributed by atoms with van der Waals surface area (Å²) < 4.78 is 9.65. The van der Waals surface area contributed by atoms with Crippen LogP contribution in [-0.2, 0) is 0 Å². The summed E-state index contributed by atoms with van der Waals surface area (Å²) in [7, 11) is 0. The lowest BCUT2D eigenvalue weighted by Gasteiger charge is -2.11. The lowest BCUT2D eigenvalue weighted by atomic mass is 10.1. The van der Waals surface area contributed by atoms with Crippen molar-refractivity contribution in [1.29, 1.82) is 0 Å². The number of hydrogen-bond donors (Lipinski definition) is 0. The van der Waals surface area contributed by atoms with Gasteiger partial charge in [-0.1, -0.05) is 97.1 Å². The summed E-state index contributed by atoms with van der Waals surface area (Å²) in [6.07, 6.45) is 0. The van der Waals surface area contributed by atoms with Crippen molar-refractivity contribution in [3.63, 3.8) is 0 Å². The van der Waals surface area contributed by atoms with Gasteiger partial charge in [0, 0.05) is 32.7 Å². The molecule has 0 saturated carbocycles. The van der Waals surface area contributed by atoms with Crippen LogP contribution < -0.4 is 0 Å². The van der Waals surface area contributed by atoms with Crippen LogP contribution in [0.2, 0.25) is 0 Å². The second-order valence-electron chi connectivity index (χ2n) is 11.5. The van der Waals surface area contributed by atoms with Crippen LogP contribution in [0.3, 0.4) is 0 Å². The van der Waals surface area contributed by atoms with Crippen LogP contribution in [0.1, 0.15) is 0 Å². The number of benzene rings is 6. The zero-order valence-corrected chi connectivity index (χ0v) is 25.6. The van der Waals surface area contributed by atoms with Gasteiger partial charge in [0.15, 0.2) is 11.6 Å². The van der Waals surface area contributed by atoms with Gasteiger partial charge in [-0.05, 0) is 42.5 Å². The fraction of sp³-hybridized carbons (Fsp3) is 0. The van der Waals surface area contributed by atoms with Crippen LogP contribution in [0.5, 0.6) is 0 Å². The molecular formula is C40H23N5OS. The Morgan fingerprint density at radius 1 is 0.511 bits per heavy atom. The molecule has 4 heterocycles. The molecule has 0 amide bonds. The molecule has 6 aromatic carbocycles. The minimum atomic E-state index is 0.546. The van der Waals surface area contributed by atoms with Crippen molar-refractivity contribution in [2.45, 2.75) is 0 Å². The largest absolute Gasteiger partial charge is 0.455 e. The number of thiazole rings is 1. The summed E-state index contributed by atoms with van der Waals surface area (Å²) in [5.41, 5.74) is 7.40. The molecule has 0 bridgehead atoms. The van der Waals surface area contributed by atoms with E-state index >= 15 is 0 Å². The predicted octanol–water partition coefficient (Wildman–Crippen LogP) is 10.5. The highest BCUT2D eigenvalue weighted by atomic mass is 32.1. The highest BCUT2D eigenvalue weighted by Crippen LogP contribution is 2.37. The van der Waals surface area contributed by atoms with E-state index in [1.54, 1.807) is 11.3 Å². The molecule has 0 radical (unpaired) electrons. The average Bonchev–Trinajstić information content (AvgIpc) is 3.83. The molecule has 10 rings (SSSR count). The first-order chi connectivity index (χ1) is 23.3. The molecule has 0 unspecified atom stereocenters. The van der Waals surface area contributed by atoms with Gasteiger partial charge in [0.05, 0.1) is 26.8 Å². The first-order valence-electron chi connectivity index (χ1n) is 15.4. The van der Waals surface area contributed by atoms with E-state index in [1.165, 1.54) is 0 Å². The molecular weight excluding hydrogens is 599 g/mol. The van der Waals surface area contributed by atoms with E-state index in [2.05, 4.69) is 89.5 Å². The minimum Gasteiger partial charge on any atom is -0.455 e. The Hall–Kier alpha value is -6.18. The van der Waals surface area contributed by atoms with E-state index in [4.69, 9.17) is 24.4 Å². The van der Waals surface area contributed by atoms with Crippen molar-refractivity contribution in [1.82, 2.24) is 24.5 Å². The van der Waals surface area contributed by atoms with E-state index < -0.39 is 0 Å². The first kappa shape index (κ1) is 26.1. The Morgan fingerprint density at radius 2 is 1.19 bits per heavy atom. The molecule has 220 valence electrons. The Labute approximate surface area is 272 Å². The monoisotopic (exact) mass is 621 g/mol. The lowest BCUT2D eigenvalue weighted by molar-refractivity contribution is 0.669. The van der Waals surface area contributed by atoms with Gasteiger partial charge in [-0.25, -0.2) is 9.97 Å². The molecule has 0 aliphatic rings. The third-order valence-corrected chi connectivity index (χ3v) is 9.78. The number of aromatic nitrogens is 5. The lowest BCUT2D eigenvalue weighted by Crippen LogP contribution is -2.06. The van der Waals surface area contributed by atoms with Gasteiger partial charge in [0.2, 0.25) is 5.95 Å². The normalized spacial score (nSPS) is 11.8. The van der Waals surface area contributed by atoms with Crippen molar-refractivity contribution >= 4 is 65.3 Å². The maximum Gasteiger partial charge on any atom is 0.238 e. The zero-order chi connectivity index (χ0) is 30.9. The minimum absolute atomic E-state index is 0.546. The van der Waals surface area contributed by atoms with Crippen LogP contribution in [0.4, 0.5) is 0 Å². The third kappa shape index (κ3) is 4.10. The molecule has 6 nitrogen and oxygen atoms in total. The summed E-state index contributed by atoms with van der Waals surface area (Å²) >= 11 is 1.67. The zero-order valence-electron chi connectivity index (χ0n) is 24.8.